The predicted molar refractivity (Wildman–Crippen MR) is 163 cm³/mol. The maximum Gasteiger partial charge on any atom is 0.319 e. The Morgan fingerprint density at radius 2 is 1.98 bits per heavy atom. The monoisotopic (exact) mass is 586 g/mol. The second-order valence-corrected chi connectivity index (χ2v) is 12.8. The molecule has 3 aromatic rings. The van der Waals surface area contributed by atoms with Crippen LogP contribution in [0.4, 0.5) is 10.2 Å². The minimum absolute atomic E-state index is 0.0120. The summed E-state index contributed by atoms with van der Waals surface area (Å²) in [5.41, 5.74) is 2.67. The summed E-state index contributed by atoms with van der Waals surface area (Å²) in [6, 6.07) is 3.70. The number of phenols is 1. The number of hydrogen-bond acceptors (Lipinski definition) is 8. The van der Waals surface area contributed by atoms with Crippen LogP contribution in [-0.2, 0) is 4.79 Å². The quantitative estimate of drug-likeness (QED) is 0.371. The van der Waals surface area contributed by atoms with Gasteiger partial charge in [0.1, 0.15) is 29.4 Å². The van der Waals surface area contributed by atoms with E-state index >= 15 is 4.39 Å². The fourth-order valence-corrected chi connectivity index (χ4v) is 7.42. The molecule has 1 saturated carbocycles. The van der Waals surface area contributed by atoms with Crippen LogP contribution in [0.25, 0.3) is 22.2 Å². The summed E-state index contributed by atoms with van der Waals surface area (Å²) in [5.74, 6) is 0.318. The van der Waals surface area contributed by atoms with Gasteiger partial charge < -0.3 is 19.6 Å². The number of aromatic hydroxyl groups is 1. The van der Waals surface area contributed by atoms with E-state index in [1.54, 1.807) is 17.2 Å². The molecule has 1 atom stereocenters. The highest BCUT2D eigenvalue weighted by atomic mass is 19.1. The molecule has 0 bridgehead atoms. The number of ether oxygens (including phenoxy) is 1. The largest absolute Gasteiger partial charge is 0.508 e. The molecule has 1 N–H and O–H groups in total. The zero-order valence-electron chi connectivity index (χ0n) is 25.0. The average molecular weight is 587 g/mol. The van der Waals surface area contributed by atoms with Gasteiger partial charge in [0.15, 0.2) is 5.82 Å². The van der Waals surface area contributed by atoms with E-state index in [1.807, 2.05) is 24.9 Å². The summed E-state index contributed by atoms with van der Waals surface area (Å²) in [7, 11) is 1.92. The van der Waals surface area contributed by atoms with Crippen LogP contribution >= 0.6 is 0 Å². The zero-order chi connectivity index (χ0) is 29.9. The molecular formula is C33H39FN6O3. The SMILES string of the molecule is C=CC(=O)N1CCC(N(C)c2nc(OCC34CCCN3CCC4)nc3c(F)c(-c4cc(O)c(C)cc4C4CC4)ncc23)C1. The second kappa shape index (κ2) is 10.7. The lowest BCUT2D eigenvalue weighted by Crippen LogP contribution is -2.43. The predicted octanol–water partition coefficient (Wildman–Crippen LogP) is 4.95. The molecule has 2 aromatic heterocycles. The third-order valence-electron chi connectivity index (χ3n) is 10.1. The molecule has 7 rings (SSSR count). The van der Waals surface area contributed by atoms with Crippen LogP contribution in [0.2, 0.25) is 0 Å². The molecule has 1 unspecified atom stereocenters. The number of pyridine rings is 1. The Labute approximate surface area is 251 Å². The van der Waals surface area contributed by atoms with Crippen LogP contribution in [0.3, 0.4) is 0 Å². The van der Waals surface area contributed by atoms with E-state index in [4.69, 9.17) is 9.72 Å². The Kier molecular flexibility index (Phi) is 6.99. The van der Waals surface area contributed by atoms with Crippen LogP contribution in [-0.4, -0.2) is 87.2 Å². The standard InChI is InChI=1S/C33H39FN6O3/c1-4-27(42)39-14-9-22(18-39)38(3)31-25-17-35-29(24-16-26(41)20(2)15-23(24)21-7-8-21)28(34)30(25)36-32(37-31)43-19-33-10-5-12-40(33)13-6-11-33/h4,15-17,21-22,41H,1,5-14,18-19H2,2-3H3. The Morgan fingerprint density at radius 3 is 2.70 bits per heavy atom. The summed E-state index contributed by atoms with van der Waals surface area (Å²) < 4.78 is 23.0. The molecule has 3 saturated heterocycles. The number of nitrogens with zero attached hydrogens (tertiary/aromatic N) is 6. The topological polar surface area (TPSA) is 94.9 Å². The maximum absolute atomic E-state index is 16.6. The van der Waals surface area contributed by atoms with Gasteiger partial charge in [0, 0.05) is 37.9 Å². The highest BCUT2D eigenvalue weighted by Gasteiger charge is 2.45. The first-order valence-electron chi connectivity index (χ1n) is 15.5. The van der Waals surface area contributed by atoms with E-state index in [0.29, 0.717) is 42.4 Å². The summed E-state index contributed by atoms with van der Waals surface area (Å²) >= 11 is 0. The van der Waals surface area contributed by atoms with Crippen LogP contribution in [0.1, 0.15) is 62.0 Å². The number of carbonyl (C=O) groups is 1. The summed E-state index contributed by atoms with van der Waals surface area (Å²) in [5, 5.41) is 11.0. The lowest BCUT2D eigenvalue weighted by molar-refractivity contribution is -0.125. The number of fused-ring (bicyclic) bond motifs is 2. The summed E-state index contributed by atoms with van der Waals surface area (Å²) in [4.78, 5) is 32.7. The number of carbonyl (C=O) groups excluding carboxylic acids is 1. The number of benzene rings is 1. The van der Waals surface area contributed by atoms with Gasteiger partial charge in [-0.2, -0.15) is 9.97 Å². The highest BCUT2D eigenvalue weighted by Crippen LogP contribution is 2.47. The van der Waals surface area contributed by atoms with Crippen molar-refractivity contribution in [3.8, 4) is 23.0 Å². The van der Waals surface area contributed by atoms with E-state index in [1.165, 1.54) is 6.08 Å². The number of aromatic nitrogens is 3. The maximum atomic E-state index is 16.6. The number of halogens is 1. The molecule has 1 aromatic carbocycles. The van der Waals surface area contributed by atoms with E-state index < -0.39 is 5.82 Å². The van der Waals surface area contributed by atoms with Crippen molar-refractivity contribution >= 4 is 22.6 Å². The van der Waals surface area contributed by atoms with Crippen molar-refractivity contribution in [1.29, 1.82) is 0 Å². The van der Waals surface area contributed by atoms with E-state index in [2.05, 4.69) is 21.4 Å². The Bertz CT molecular complexity index is 1600. The molecule has 1 amide bonds. The van der Waals surface area contributed by atoms with Crippen molar-refractivity contribution < 1.29 is 19.0 Å². The fourth-order valence-electron chi connectivity index (χ4n) is 7.42. The van der Waals surface area contributed by atoms with Gasteiger partial charge in [0.25, 0.3) is 0 Å². The van der Waals surface area contributed by atoms with Crippen molar-refractivity contribution in [3.63, 3.8) is 0 Å². The molecule has 43 heavy (non-hydrogen) atoms. The number of hydrogen-bond donors (Lipinski definition) is 1. The van der Waals surface area contributed by atoms with Crippen molar-refractivity contribution in [2.24, 2.45) is 0 Å². The van der Waals surface area contributed by atoms with Gasteiger partial charge in [0.05, 0.1) is 10.9 Å². The molecule has 1 aliphatic carbocycles. The van der Waals surface area contributed by atoms with E-state index in [0.717, 1.165) is 69.2 Å². The molecule has 3 aliphatic heterocycles. The second-order valence-electron chi connectivity index (χ2n) is 12.8. The Hall–Kier alpha value is -3.79. The smallest absolute Gasteiger partial charge is 0.319 e. The van der Waals surface area contributed by atoms with Gasteiger partial charge in [0.2, 0.25) is 5.91 Å². The molecule has 10 heteroatoms. The van der Waals surface area contributed by atoms with Gasteiger partial charge in [-0.05, 0) is 94.1 Å². The average Bonchev–Trinajstić information content (AvgIpc) is 3.39. The third-order valence-corrected chi connectivity index (χ3v) is 10.1. The normalized spacial score (nSPS) is 21.4. The van der Waals surface area contributed by atoms with Crippen molar-refractivity contribution in [2.45, 2.75) is 69.4 Å². The van der Waals surface area contributed by atoms with Crippen LogP contribution in [0.15, 0.2) is 31.0 Å². The van der Waals surface area contributed by atoms with Crippen LogP contribution in [0.5, 0.6) is 11.8 Å². The van der Waals surface area contributed by atoms with Crippen molar-refractivity contribution in [2.75, 3.05) is 44.7 Å². The first-order chi connectivity index (χ1) is 20.8. The first kappa shape index (κ1) is 28.0. The number of likely N-dealkylation sites (tertiary alicyclic amines) is 1. The lowest BCUT2D eigenvalue weighted by Gasteiger charge is -2.31. The van der Waals surface area contributed by atoms with Crippen molar-refractivity contribution in [3.05, 3.63) is 47.9 Å². The van der Waals surface area contributed by atoms with Gasteiger partial charge in [-0.25, -0.2) is 4.39 Å². The molecule has 0 radical (unpaired) electrons. The number of aryl methyl sites for hydroxylation is 1. The fraction of sp³-hybridized carbons (Fsp3) is 0.515. The molecule has 4 aliphatic rings. The Morgan fingerprint density at radius 1 is 1.21 bits per heavy atom. The minimum Gasteiger partial charge on any atom is -0.508 e. The number of likely N-dealkylation sites (N-methyl/N-ethyl adjacent to an activating group) is 1. The van der Waals surface area contributed by atoms with Crippen LogP contribution < -0.4 is 9.64 Å². The van der Waals surface area contributed by atoms with Gasteiger partial charge in [-0.15, -0.1) is 0 Å². The van der Waals surface area contributed by atoms with Gasteiger partial charge >= 0.3 is 6.01 Å². The van der Waals surface area contributed by atoms with Crippen molar-refractivity contribution in [1.82, 2.24) is 24.8 Å². The third kappa shape index (κ3) is 4.89. The zero-order valence-corrected chi connectivity index (χ0v) is 25.0. The molecule has 4 fully saturated rings. The number of anilines is 1. The minimum atomic E-state index is -0.555. The first-order valence-corrected chi connectivity index (χ1v) is 15.5. The molecule has 5 heterocycles. The molecule has 9 nitrogen and oxygen atoms in total. The number of phenolic OH excluding ortho intramolecular Hbond substituents is 1. The van der Waals surface area contributed by atoms with Gasteiger partial charge in [-0.1, -0.05) is 12.6 Å². The van der Waals surface area contributed by atoms with Crippen LogP contribution in [0, 0.1) is 12.7 Å². The molecular weight excluding hydrogens is 547 g/mol. The van der Waals surface area contributed by atoms with Gasteiger partial charge in [-0.3, -0.25) is 14.7 Å². The summed E-state index contributed by atoms with van der Waals surface area (Å²) in [6.07, 6.45) is 10.2. The molecule has 0 spiro atoms. The number of rotatable bonds is 8. The highest BCUT2D eigenvalue weighted by molar-refractivity contribution is 5.92. The van der Waals surface area contributed by atoms with E-state index in [-0.39, 0.29) is 40.5 Å². The Balaban J connectivity index is 1.31. The molecule has 226 valence electrons. The number of amides is 1. The van der Waals surface area contributed by atoms with E-state index in [9.17, 15) is 9.90 Å². The lowest BCUT2D eigenvalue weighted by atomic mass is 9.95. The summed E-state index contributed by atoms with van der Waals surface area (Å²) in [6.45, 7) is 9.23.